The van der Waals surface area contributed by atoms with E-state index in [2.05, 4.69) is 29.5 Å². The van der Waals surface area contributed by atoms with E-state index < -0.39 is 5.97 Å². The molecule has 1 atom stereocenters. The Balaban J connectivity index is 1.82. The normalized spacial score (nSPS) is 21.0. The molecule has 1 aliphatic rings. The molecule has 0 bridgehead atoms. The highest BCUT2D eigenvalue weighted by Crippen LogP contribution is 2.40. The number of carbonyl (C=O) groups excluding carboxylic acids is 1. The number of amides is 1. The summed E-state index contributed by atoms with van der Waals surface area (Å²) in [6.07, 6.45) is 5.67. The molecular formula is C14H22N4O3. The molecule has 1 aromatic rings. The molecule has 21 heavy (non-hydrogen) atoms. The number of nitrogens with zero attached hydrogens (tertiary/aromatic N) is 3. The van der Waals surface area contributed by atoms with Gasteiger partial charge in [0.15, 0.2) is 5.69 Å². The first kappa shape index (κ1) is 15.5. The minimum atomic E-state index is -1.10. The maximum absolute atomic E-state index is 12.3. The van der Waals surface area contributed by atoms with Gasteiger partial charge in [0.05, 0.1) is 12.7 Å². The number of hydrogen-bond donors (Lipinski definition) is 2. The van der Waals surface area contributed by atoms with Gasteiger partial charge in [-0.2, -0.15) is 0 Å². The lowest BCUT2D eigenvalue weighted by atomic mass is 9.68. The molecule has 1 heterocycles. The van der Waals surface area contributed by atoms with E-state index in [0.29, 0.717) is 13.1 Å². The summed E-state index contributed by atoms with van der Waals surface area (Å²) in [5, 5.41) is 18.9. The Labute approximate surface area is 123 Å². The SMILES string of the molecule is CC1(C)CCCCC1C(=O)NCCn1cc(C(=O)O)nn1. The average molecular weight is 294 g/mol. The molecule has 0 saturated heterocycles. The van der Waals surface area contributed by atoms with Crippen LogP contribution in [0.2, 0.25) is 0 Å². The van der Waals surface area contributed by atoms with Crippen molar-refractivity contribution < 1.29 is 14.7 Å². The van der Waals surface area contributed by atoms with E-state index >= 15 is 0 Å². The second-order valence-corrected chi connectivity index (χ2v) is 6.25. The fraction of sp³-hybridized carbons (Fsp3) is 0.714. The quantitative estimate of drug-likeness (QED) is 0.853. The van der Waals surface area contributed by atoms with Gasteiger partial charge >= 0.3 is 5.97 Å². The van der Waals surface area contributed by atoms with E-state index in [0.717, 1.165) is 19.3 Å². The fourth-order valence-corrected chi connectivity index (χ4v) is 2.90. The minimum absolute atomic E-state index is 0.0477. The van der Waals surface area contributed by atoms with Crippen LogP contribution >= 0.6 is 0 Å². The van der Waals surface area contributed by atoms with E-state index in [1.165, 1.54) is 17.3 Å². The Morgan fingerprint density at radius 3 is 2.86 bits per heavy atom. The molecule has 0 radical (unpaired) electrons. The van der Waals surface area contributed by atoms with Crippen LogP contribution in [0.15, 0.2) is 6.20 Å². The fourth-order valence-electron chi connectivity index (χ4n) is 2.90. The molecule has 7 nitrogen and oxygen atoms in total. The van der Waals surface area contributed by atoms with E-state index in [1.807, 2.05) is 0 Å². The van der Waals surface area contributed by atoms with E-state index in [-0.39, 0.29) is 22.9 Å². The lowest BCUT2D eigenvalue weighted by Gasteiger charge is -2.37. The smallest absolute Gasteiger partial charge is 0.358 e. The zero-order chi connectivity index (χ0) is 15.5. The highest BCUT2D eigenvalue weighted by molar-refractivity contribution is 5.84. The van der Waals surface area contributed by atoms with Gasteiger partial charge in [0, 0.05) is 12.5 Å². The largest absolute Gasteiger partial charge is 0.476 e. The highest BCUT2D eigenvalue weighted by atomic mass is 16.4. The number of aromatic carboxylic acids is 1. The predicted molar refractivity (Wildman–Crippen MR) is 75.7 cm³/mol. The first-order valence-corrected chi connectivity index (χ1v) is 7.31. The molecule has 2 N–H and O–H groups in total. The second-order valence-electron chi connectivity index (χ2n) is 6.25. The third-order valence-corrected chi connectivity index (χ3v) is 4.22. The number of carboxylic acid groups (broad SMARTS) is 1. The van der Waals surface area contributed by atoms with Crippen molar-refractivity contribution in [3.63, 3.8) is 0 Å². The van der Waals surface area contributed by atoms with Gasteiger partial charge in [-0.3, -0.25) is 4.79 Å². The summed E-state index contributed by atoms with van der Waals surface area (Å²) in [6, 6.07) is 0. The van der Waals surface area contributed by atoms with Crippen LogP contribution < -0.4 is 5.32 Å². The van der Waals surface area contributed by atoms with Gasteiger partial charge in [0.2, 0.25) is 5.91 Å². The van der Waals surface area contributed by atoms with E-state index in [9.17, 15) is 9.59 Å². The van der Waals surface area contributed by atoms with Gasteiger partial charge in [-0.1, -0.05) is 31.9 Å². The predicted octanol–water partition coefficient (Wildman–Crippen LogP) is 1.31. The average Bonchev–Trinajstić information content (AvgIpc) is 2.87. The topological polar surface area (TPSA) is 97.1 Å². The van der Waals surface area contributed by atoms with Crippen molar-refractivity contribution in [2.75, 3.05) is 6.54 Å². The summed E-state index contributed by atoms with van der Waals surface area (Å²) in [5.74, 6) is -0.968. The Kier molecular flexibility index (Phi) is 4.59. The zero-order valence-electron chi connectivity index (χ0n) is 12.5. The van der Waals surface area contributed by atoms with Crippen molar-refractivity contribution in [1.29, 1.82) is 0 Å². The molecule has 2 rings (SSSR count). The monoisotopic (exact) mass is 294 g/mol. The Hall–Kier alpha value is -1.92. The molecule has 116 valence electrons. The van der Waals surface area contributed by atoms with Crippen molar-refractivity contribution >= 4 is 11.9 Å². The Morgan fingerprint density at radius 1 is 1.48 bits per heavy atom. The summed E-state index contributed by atoms with van der Waals surface area (Å²) < 4.78 is 1.43. The molecule has 1 amide bonds. The molecule has 1 unspecified atom stereocenters. The number of hydrogen-bond acceptors (Lipinski definition) is 4. The zero-order valence-corrected chi connectivity index (χ0v) is 12.5. The number of nitrogens with one attached hydrogen (secondary N) is 1. The van der Waals surface area contributed by atoms with Gasteiger partial charge in [-0.25, -0.2) is 9.48 Å². The molecular weight excluding hydrogens is 272 g/mol. The first-order valence-electron chi connectivity index (χ1n) is 7.31. The number of rotatable bonds is 5. The van der Waals surface area contributed by atoms with Crippen LogP contribution in [-0.2, 0) is 11.3 Å². The van der Waals surface area contributed by atoms with Crippen molar-refractivity contribution in [3.8, 4) is 0 Å². The summed E-state index contributed by atoms with van der Waals surface area (Å²) >= 11 is 0. The molecule has 0 aliphatic heterocycles. The van der Waals surface area contributed by atoms with Crippen molar-refractivity contribution in [2.24, 2.45) is 11.3 Å². The number of carboxylic acids is 1. The van der Waals surface area contributed by atoms with Gasteiger partial charge in [0.1, 0.15) is 0 Å². The number of aromatic nitrogens is 3. The van der Waals surface area contributed by atoms with Gasteiger partial charge in [-0.15, -0.1) is 5.10 Å². The lowest BCUT2D eigenvalue weighted by Crippen LogP contribution is -2.42. The minimum Gasteiger partial charge on any atom is -0.476 e. The first-order chi connectivity index (χ1) is 9.90. The maximum atomic E-state index is 12.3. The molecule has 1 saturated carbocycles. The summed E-state index contributed by atoms with van der Waals surface area (Å²) in [4.78, 5) is 23.0. The van der Waals surface area contributed by atoms with Crippen LogP contribution in [-0.4, -0.2) is 38.5 Å². The van der Waals surface area contributed by atoms with Crippen LogP contribution in [0.3, 0.4) is 0 Å². The molecule has 7 heteroatoms. The highest BCUT2D eigenvalue weighted by Gasteiger charge is 2.36. The van der Waals surface area contributed by atoms with Crippen LogP contribution in [0.4, 0.5) is 0 Å². The van der Waals surface area contributed by atoms with Crippen LogP contribution in [0.5, 0.6) is 0 Å². The van der Waals surface area contributed by atoms with Crippen LogP contribution in [0.25, 0.3) is 0 Å². The van der Waals surface area contributed by atoms with Gasteiger partial charge in [0.25, 0.3) is 0 Å². The summed E-state index contributed by atoms with van der Waals surface area (Å²) in [7, 11) is 0. The van der Waals surface area contributed by atoms with Gasteiger partial charge in [-0.05, 0) is 18.3 Å². The standard InChI is InChI=1S/C14H22N4O3/c1-14(2)6-4-3-5-10(14)12(19)15-7-8-18-9-11(13(20)21)16-17-18/h9-10H,3-8H2,1-2H3,(H,15,19)(H,20,21). The third-order valence-electron chi connectivity index (χ3n) is 4.22. The molecule has 1 aliphatic carbocycles. The second kappa shape index (κ2) is 6.24. The third kappa shape index (κ3) is 3.80. The van der Waals surface area contributed by atoms with Crippen molar-refractivity contribution in [2.45, 2.75) is 46.1 Å². The van der Waals surface area contributed by atoms with E-state index in [1.54, 1.807) is 0 Å². The summed E-state index contributed by atoms with van der Waals surface area (Å²) in [5.41, 5.74) is -0.0405. The van der Waals surface area contributed by atoms with Gasteiger partial charge < -0.3 is 10.4 Å². The van der Waals surface area contributed by atoms with Crippen molar-refractivity contribution in [1.82, 2.24) is 20.3 Å². The Bertz CT molecular complexity index is 524. The molecule has 1 fully saturated rings. The summed E-state index contributed by atoms with van der Waals surface area (Å²) in [6.45, 7) is 5.13. The maximum Gasteiger partial charge on any atom is 0.358 e. The Morgan fingerprint density at radius 2 is 2.24 bits per heavy atom. The molecule has 0 aromatic carbocycles. The molecule has 1 aromatic heterocycles. The molecule has 0 spiro atoms. The van der Waals surface area contributed by atoms with Crippen LogP contribution in [0.1, 0.15) is 50.0 Å². The van der Waals surface area contributed by atoms with E-state index in [4.69, 9.17) is 5.11 Å². The lowest BCUT2D eigenvalue weighted by molar-refractivity contribution is -0.130. The number of carbonyl (C=O) groups is 2. The van der Waals surface area contributed by atoms with Crippen LogP contribution in [0, 0.1) is 11.3 Å². The van der Waals surface area contributed by atoms with Crippen molar-refractivity contribution in [3.05, 3.63) is 11.9 Å².